The molecule has 0 aliphatic rings. The predicted molar refractivity (Wildman–Crippen MR) is 206 cm³/mol. The number of fused-ring (bicyclic) bond motifs is 1. The molecule has 0 amide bonds. The number of phenolic OH excluding ortho intramolecular Hbond substituents is 1. The number of nitrogens with two attached hydrogens (primary N) is 1. The molecule has 4 aromatic carbocycles. The highest BCUT2D eigenvalue weighted by Crippen LogP contribution is 2.49. The van der Waals surface area contributed by atoms with Crippen LogP contribution in [0, 0.1) is 0 Å². The van der Waals surface area contributed by atoms with Crippen molar-refractivity contribution in [2.24, 2.45) is 20.5 Å². The van der Waals surface area contributed by atoms with Crippen LogP contribution in [-0.2, 0) is 79.2 Å². The van der Waals surface area contributed by atoms with Crippen LogP contribution < -0.4 is 10.5 Å². The van der Waals surface area contributed by atoms with Crippen LogP contribution in [0.2, 0.25) is 0 Å². The van der Waals surface area contributed by atoms with E-state index in [1.807, 2.05) is 0 Å². The summed E-state index contributed by atoms with van der Waals surface area (Å²) in [5.41, 5.74) is 1.38. The monoisotopic (exact) mass is 1010 g/mol. The zero-order valence-electron chi connectivity index (χ0n) is 30.3. The lowest BCUT2D eigenvalue weighted by atomic mass is 10.1. The number of ether oxygens (including phenoxy) is 1. The van der Waals surface area contributed by atoms with E-state index >= 15 is 0 Å². The van der Waals surface area contributed by atoms with Crippen molar-refractivity contribution < 1.29 is 99.9 Å². The molecule has 0 atom stereocenters. The van der Waals surface area contributed by atoms with E-state index in [2.05, 4.69) is 28.8 Å². The van der Waals surface area contributed by atoms with E-state index in [0.717, 1.165) is 25.3 Å². The number of azo groups is 2. The molecule has 28 nitrogen and oxygen atoms in total. The molecule has 0 saturated carbocycles. The van der Waals surface area contributed by atoms with Crippen LogP contribution in [0.1, 0.15) is 0 Å². The molecule has 0 aliphatic heterocycles. The molecule has 340 valence electrons. The van der Waals surface area contributed by atoms with Crippen molar-refractivity contribution in [3.05, 3.63) is 48.5 Å². The normalized spacial score (nSPS) is 13.6. The average molecular weight is 1010 g/mol. The number of methoxy groups -OCH3 is 1. The fourth-order valence-corrected chi connectivity index (χ4v) is 10.0. The van der Waals surface area contributed by atoms with Crippen molar-refractivity contribution in [1.29, 1.82) is 0 Å². The van der Waals surface area contributed by atoms with Gasteiger partial charge in [0.05, 0.1) is 52.7 Å². The minimum Gasteiger partial charge on any atom is -0.505 e. The molecule has 0 bridgehead atoms. The lowest BCUT2D eigenvalue weighted by Crippen LogP contribution is -2.16. The van der Waals surface area contributed by atoms with Crippen LogP contribution in [0.15, 0.2) is 93.5 Å². The maximum atomic E-state index is 12.8. The summed E-state index contributed by atoms with van der Waals surface area (Å²) >= 11 is 0. The Labute approximate surface area is 350 Å². The quantitative estimate of drug-likeness (QED) is 0.0425. The van der Waals surface area contributed by atoms with Gasteiger partial charge in [-0.15, -0.1) is 20.5 Å². The standard InChI is InChI=1S/C27H27N5O23S7/c1-53-19-5-3-15(56(34,35)8-6-54-61(47,48)49)12-18(19)30-32-26-22(60(44,45)46)11-14-10-21(59(41,42)43)25(24(28)23(14)27(26)33)31-29-17-4-2-16(13-20(17)58(38,39)40)57(36,37)9-7-55-62(50,51)52/h2-5,10-13,33H,6-9,28H2,1H3,(H,38,39,40)(H,41,42,43)(H,44,45,46)(H,47,48,49)(H,50,51,52)/b31-29+,32-30+. The maximum Gasteiger partial charge on any atom is 0.397 e. The van der Waals surface area contributed by atoms with Gasteiger partial charge >= 0.3 is 20.8 Å². The minimum absolute atomic E-state index is 0.253. The smallest absolute Gasteiger partial charge is 0.397 e. The third-order valence-electron chi connectivity index (χ3n) is 7.63. The van der Waals surface area contributed by atoms with Crippen molar-refractivity contribution in [3.63, 3.8) is 0 Å². The Morgan fingerprint density at radius 2 is 0.984 bits per heavy atom. The van der Waals surface area contributed by atoms with Crippen LogP contribution >= 0.6 is 0 Å². The van der Waals surface area contributed by atoms with Crippen LogP contribution in [-0.4, -0.2) is 119 Å². The van der Waals surface area contributed by atoms with E-state index in [1.54, 1.807) is 0 Å². The molecule has 0 aliphatic carbocycles. The molecule has 35 heteroatoms. The fraction of sp³-hybridized carbons (Fsp3) is 0.185. The Morgan fingerprint density at radius 1 is 0.548 bits per heavy atom. The highest BCUT2D eigenvalue weighted by molar-refractivity contribution is 7.92. The van der Waals surface area contributed by atoms with Gasteiger partial charge in [0, 0.05) is 0 Å². The maximum absolute atomic E-state index is 12.8. The Kier molecular flexibility index (Phi) is 14.2. The zero-order chi connectivity index (χ0) is 47.0. The molecule has 0 spiro atoms. The number of rotatable bonds is 18. The number of aromatic hydroxyl groups is 1. The third kappa shape index (κ3) is 12.2. The summed E-state index contributed by atoms with van der Waals surface area (Å²) < 4.78 is 229. The molecule has 4 rings (SSSR count). The van der Waals surface area contributed by atoms with Crippen molar-refractivity contribution >= 4 is 110 Å². The first kappa shape index (κ1) is 49.8. The van der Waals surface area contributed by atoms with Crippen LogP contribution in [0.3, 0.4) is 0 Å². The molecule has 0 heterocycles. The number of phenols is 1. The number of nitrogen functional groups attached to an aromatic ring is 1. The van der Waals surface area contributed by atoms with E-state index in [-0.39, 0.29) is 5.75 Å². The Bertz CT molecular complexity index is 3360. The molecule has 8 N–H and O–H groups in total. The Balaban J connectivity index is 1.94. The number of nitrogens with zero attached hydrogens (tertiary/aromatic N) is 4. The summed E-state index contributed by atoms with van der Waals surface area (Å²) in [5, 5.41) is 24.2. The van der Waals surface area contributed by atoms with Gasteiger partial charge < -0.3 is 15.6 Å². The largest absolute Gasteiger partial charge is 0.505 e. The lowest BCUT2D eigenvalue weighted by Gasteiger charge is -2.14. The van der Waals surface area contributed by atoms with Gasteiger partial charge in [0.1, 0.15) is 43.2 Å². The number of hydrogen-bond acceptors (Lipinski definition) is 23. The van der Waals surface area contributed by atoms with Gasteiger partial charge in [-0.1, -0.05) is 0 Å². The topological polar surface area (TPSA) is 464 Å². The fourth-order valence-electron chi connectivity index (χ4n) is 4.96. The van der Waals surface area contributed by atoms with E-state index in [4.69, 9.17) is 19.6 Å². The Hall–Kier alpha value is -4.89. The highest BCUT2D eigenvalue weighted by atomic mass is 32.3. The van der Waals surface area contributed by atoms with Gasteiger partial charge in [-0.3, -0.25) is 22.8 Å². The van der Waals surface area contributed by atoms with Gasteiger partial charge in [-0.2, -0.15) is 42.1 Å². The predicted octanol–water partition coefficient (Wildman–Crippen LogP) is 1.89. The summed E-state index contributed by atoms with van der Waals surface area (Å²) in [4.78, 5) is -5.39. The third-order valence-corrected chi connectivity index (χ3v) is 14.5. The van der Waals surface area contributed by atoms with E-state index in [0.29, 0.717) is 30.3 Å². The van der Waals surface area contributed by atoms with Gasteiger partial charge in [-0.25, -0.2) is 25.2 Å². The SMILES string of the molecule is COc1ccc(S(=O)(=O)CCOS(=O)(=O)O)cc1/N=N/c1c(S(=O)(=O)O)cc2cc(S(=O)(=O)O)c(/N=N/c3ccc(S(=O)(=O)CCOS(=O)(=O)O)cc3S(=O)(=O)O)c(N)c2c1O. The van der Waals surface area contributed by atoms with Crippen LogP contribution in [0.4, 0.5) is 28.4 Å². The second-order valence-corrected chi connectivity index (χ2v) is 22.3. The number of sulfone groups is 2. The molecule has 0 saturated heterocycles. The van der Waals surface area contributed by atoms with E-state index in [9.17, 15) is 77.7 Å². The summed E-state index contributed by atoms with van der Waals surface area (Å²) in [7, 11) is -34.5. The summed E-state index contributed by atoms with van der Waals surface area (Å²) in [5.74, 6) is -3.75. The molecule has 4 aromatic rings. The van der Waals surface area contributed by atoms with Gasteiger partial charge in [0.15, 0.2) is 25.4 Å². The average Bonchev–Trinajstić information content (AvgIpc) is 3.11. The van der Waals surface area contributed by atoms with Crippen LogP contribution in [0.5, 0.6) is 11.5 Å². The van der Waals surface area contributed by atoms with Crippen molar-refractivity contribution in [3.8, 4) is 11.5 Å². The minimum atomic E-state index is -5.49. The summed E-state index contributed by atoms with van der Waals surface area (Å²) in [6.45, 7) is -2.18. The number of anilines is 1. The molecule has 0 aromatic heterocycles. The summed E-state index contributed by atoms with van der Waals surface area (Å²) in [6, 6.07) is 5.27. The second-order valence-electron chi connectivity index (χ2n) is 11.7. The first-order valence-corrected chi connectivity index (χ1v) is 25.9. The molecule has 0 radical (unpaired) electrons. The van der Waals surface area contributed by atoms with Crippen molar-refractivity contribution in [2.45, 2.75) is 24.5 Å². The first-order chi connectivity index (χ1) is 28.2. The first-order valence-electron chi connectivity index (χ1n) is 15.6. The lowest BCUT2D eigenvalue weighted by molar-refractivity contribution is 0.282. The Morgan fingerprint density at radius 3 is 1.45 bits per heavy atom. The second kappa shape index (κ2) is 17.7. The van der Waals surface area contributed by atoms with E-state index in [1.165, 1.54) is 0 Å². The zero-order valence-corrected chi connectivity index (χ0v) is 36.0. The number of benzene rings is 4. The molecular weight excluding hydrogens is 987 g/mol. The van der Waals surface area contributed by atoms with Crippen molar-refractivity contribution in [2.75, 3.05) is 37.6 Å². The van der Waals surface area contributed by atoms with Gasteiger partial charge in [0.25, 0.3) is 30.4 Å². The molecule has 62 heavy (non-hydrogen) atoms. The van der Waals surface area contributed by atoms with Gasteiger partial charge in [-0.05, 0) is 53.9 Å². The van der Waals surface area contributed by atoms with Crippen LogP contribution in [0.25, 0.3) is 10.8 Å². The van der Waals surface area contributed by atoms with E-state index < -0.39 is 165 Å². The van der Waals surface area contributed by atoms with Gasteiger partial charge in [0.2, 0.25) is 0 Å². The molecule has 0 fully saturated rings. The molecule has 0 unspecified atom stereocenters. The summed E-state index contributed by atoms with van der Waals surface area (Å²) in [6.07, 6.45) is 0. The van der Waals surface area contributed by atoms with Crippen molar-refractivity contribution in [1.82, 2.24) is 0 Å². The molecular formula is C27H27N5O23S7. The highest BCUT2D eigenvalue weighted by Gasteiger charge is 2.29. The number of hydrogen-bond donors (Lipinski definition) is 7.